The van der Waals surface area contributed by atoms with Gasteiger partial charge in [-0.05, 0) is 45.4 Å². The van der Waals surface area contributed by atoms with Gasteiger partial charge in [-0.3, -0.25) is 0 Å². The summed E-state index contributed by atoms with van der Waals surface area (Å²) in [5.74, 6) is 0.793. The first-order valence-corrected chi connectivity index (χ1v) is 6.41. The Bertz CT molecular complexity index is 393. The number of benzene rings is 1. The highest BCUT2D eigenvalue weighted by Gasteiger charge is 2.20. The molecule has 0 aliphatic heterocycles. The third-order valence-corrected chi connectivity index (χ3v) is 3.15. The van der Waals surface area contributed by atoms with Crippen LogP contribution in [0.15, 0.2) is 18.2 Å². The standard InChI is InChI=1S/C14H22ClNO2/c1-10(9-14(2,3)18-5)16-12-8-11(15)6-7-13(12)17-4/h6-8,10,16H,9H2,1-5H3. The fourth-order valence-electron chi connectivity index (χ4n) is 1.93. The van der Waals surface area contributed by atoms with Gasteiger partial charge in [0.25, 0.3) is 0 Å². The minimum atomic E-state index is -0.155. The molecule has 102 valence electrons. The third kappa shape index (κ3) is 4.39. The van der Waals surface area contributed by atoms with Crippen molar-refractivity contribution >= 4 is 17.3 Å². The van der Waals surface area contributed by atoms with E-state index in [-0.39, 0.29) is 11.6 Å². The summed E-state index contributed by atoms with van der Waals surface area (Å²) >= 11 is 6.00. The van der Waals surface area contributed by atoms with E-state index in [1.165, 1.54) is 0 Å². The fraction of sp³-hybridized carbons (Fsp3) is 0.571. The summed E-state index contributed by atoms with van der Waals surface area (Å²) in [4.78, 5) is 0. The Morgan fingerprint density at radius 3 is 2.56 bits per heavy atom. The zero-order valence-electron chi connectivity index (χ0n) is 11.7. The largest absolute Gasteiger partial charge is 0.495 e. The summed E-state index contributed by atoms with van der Waals surface area (Å²) in [5, 5.41) is 4.09. The smallest absolute Gasteiger partial charge is 0.142 e. The molecule has 3 nitrogen and oxygen atoms in total. The Balaban J connectivity index is 2.75. The summed E-state index contributed by atoms with van der Waals surface area (Å²) in [5.41, 5.74) is 0.752. The molecule has 1 unspecified atom stereocenters. The molecule has 0 heterocycles. The fourth-order valence-corrected chi connectivity index (χ4v) is 2.10. The van der Waals surface area contributed by atoms with Crippen molar-refractivity contribution in [2.45, 2.75) is 38.8 Å². The van der Waals surface area contributed by atoms with E-state index in [9.17, 15) is 0 Å². The average molecular weight is 272 g/mol. The molecule has 0 aliphatic rings. The molecule has 1 aromatic rings. The van der Waals surface area contributed by atoms with E-state index in [0.29, 0.717) is 5.02 Å². The van der Waals surface area contributed by atoms with Crippen LogP contribution in [0.5, 0.6) is 5.75 Å². The number of ether oxygens (including phenoxy) is 2. The zero-order chi connectivity index (χ0) is 13.8. The van der Waals surface area contributed by atoms with Crippen LogP contribution >= 0.6 is 11.6 Å². The quantitative estimate of drug-likeness (QED) is 0.849. The van der Waals surface area contributed by atoms with Gasteiger partial charge in [0.1, 0.15) is 5.75 Å². The summed E-state index contributed by atoms with van der Waals surface area (Å²) < 4.78 is 10.7. The van der Waals surface area contributed by atoms with Crippen molar-refractivity contribution in [3.05, 3.63) is 23.2 Å². The van der Waals surface area contributed by atoms with Crippen molar-refractivity contribution in [2.75, 3.05) is 19.5 Å². The highest BCUT2D eigenvalue weighted by Crippen LogP contribution is 2.29. The van der Waals surface area contributed by atoms with E-state index in [4.69, 9.17) is 21.1 Å². The van der Waals surface area contributed by atoms with Crippen LogP contribution in [-0.4, -0.2) is 25.9 Å². The Morgan fingerprint density at radius 2 is 2.00 bits per heavy atom. The molecule has 0 saturated heterocycles. The summed E-state index contributed by atoms with van der Waals surface area (Å²) in [6.45, 7) is 6.25. The van der Waals surface area contributed by atoms with Crippen molar-refractivity contribution < 1.29 is 9.47 Å². The van der Waals surface area contributed by atoms with Crippen molar-refractivity contribution in [1.82, 2.24) is 0 Å². The Morgan fingerprint density at radius 1 is 1.33 bits per heavy atom. The van der Waals surface area contributed by atoms with Crippen LogP contribution in [0.1, 0.15) is 27.2 Å². The van der Waals surface area contributed by atoms with Gasteiger partial charge in [0.15, 0.2) is 0 Å². The first kappa shape index (κ1) is 15.1. The van der Waals surface area contributed by atoms with E-state index in [2.05, 4.69) is 26.1 Å². The summed E-state index contributed by atoms with van der Waals surface area (Å²) in [6, 6.07) is 5.80. The predicted molar refractivity (Wildman–Crippen MR) is 76.8 cm³/mol. The lowest BCUT2D eigenvalue weighted by molar-refractivity contribution is 0.0128. The number of nitrogens with one attached hydrogen (secondary N) is 1. The van der Waals surface area contributed by atoms with Crippen LogP contribution in [0.25, 0.3) is 0 Å². The van der Waals surface area contributed by atoms with Crippen LogP contribution in [0.2, 0.25) is 5.02 Å². The molecule has 0 aromatic heterocycles. The molecule has 0 spiro atoms. The molecule has 0 bridgehead atoms. The summed E-state index contributed by atoms with van der Waals surface area (Å²) in [7, 11) is 3.38. The van der Waals surface area contributed by atoms with Gasteiger partial charge in [0.2, 0.25) is 0 Å². The number of hydrogen-bond acceptors (Lipinski definition) is 3. The molecule has 4 heteroatoms. The first-order valence-electron chi connectivity index (χ1n) is 6.03. The van der Waals surface area contributed by atoms with E-state index in [0.717, 1.165) is 17.9 Å². The van der Waals surface area contributed by atoms with E-state index in [1.54, 1.807) is 14.2 Å². The normalized spacial score (nSPS) is 13.2. The van der Waals surface area contributed by atoms with E-state index >= 15 is 0 Å². The molecule has 18 heavy (non-hydrogen) atoms. The number of anilines is 1. The Kier molecular flexibility index (Phi) is 5.29. The maximum Gasteiger partial charge on any atom is 0.142 e. The minimum absolute atomic E-state index is 0.155. The first-order chi connectivity index (χ1) is 8.38. The van der Waals surface area contributed by atoms with Crippen LogP contribution < -0.4 is 10.1 Å². The topological polar surface area (TPSA) is 30.5 Å². The van der Waals surface area contributed by atoms with E-state index < -0.39 is 0 Å². The van der Waals surface area contributed by atoms with E-state index in [1.807, 2.05) is 18.2 Å². The van der Waals surface area contributed by atoms with Crippen molar-refractivity contribution in [3.63, 3.8) is 0 Å². The van der Waals surface area contributed by atoms with Gasteiger partial charge < -0.3 is 14.8 Å². The maximum absolute atomic E-state index is 6.00. The molecule has 0 saturated carbocycles. The predicted octanol–water partition coefficient (Wildman–Crippen LogP) is 3.96. The van der Waals surface area contributed by atoms with Crippen molar-refractivity contribution in [1.29, 1.82) is 0 Å². The minimum Gasteiger partial charge on any atom is -0.495 e. The second-order valence-corrected chi connectivity index (χ2v) is 5.49. The SMILES string of the molecule is COc1ccc(Cl)cc1NC(C)CC(C)(C)OC. The molecule has 0 amide bonds. The van der Waals surface area contributed by atoms with Gasteiger partial charge in [-0.2, -0.15) is 0 Å². The van der Waals surface area contributed by atoms with Crippen LogP contribution in [0.3, 0.4) is 0 Å². The molecule has 1 atom stereocenters. The lowest BCUT2D eigenvalue weighted by atomic mass is 9.99. The Labute approximate surface area is 114 Å². The van der Waals surface area contributed by atoms with Crippen LogP contribution in [-0.2, 0) is 4.74 Å². The Hall–Kier alpha value is -0.930. The van der Waals surface area contributed by atoms with Gasteiger partial charge in [-0.15, -0.1) is 0 Å². The second kappa shape index (κ2) is 6.30. The van der Waals surface area contributed by atoms with Crippen molar-refractivity contribution in [3.8, 4) is 5.75 Å². The number of rotatable bonds is 6. The lowest BCUT2D eigenvalue weighted by Crippen LogP contribution is -2.31. The van der Waals surface area contributed by atoms with Crippen LogP contribution in [0.4, 0.5) is 5.69 Å². The molecular weight excluding hydrogens is 250 g/mol. The zero-order valence-corrected chi connectivity index (χ0v) is 12.5. The highest BCUT2D eigenvalue weighted by molar-refractivity contribution is 6.30. The van der Waals surface area contributed by atoms with Gasteiger partial charge >= 0.3 is 0 Å². The van der Waals surface area contributed by atoms with Crippen molar-refractivity contribution in [2.24, 2.45) is 0 Å². The third-order valence-electron chi connectivity index (χ3n) is 2.91. The average Bonchev–Trinajstić information content (AvgIpc) is 2.28. The van der Waals surface area contributed by atoms with Gasteiger partial charge in [-0.25, -0.2) is 0 Å². The van der Waals surface area contributed by atoms with Gasteiger partial charge in [0.05, 0.1) is 18.4 Å². The molecule has 1 rings (SSSR count). The van der Waals surface area contributed by atoms with Gasteiger partial charge in [-0.1, -0.05) is 11.6 Å². The molecule has 1 aromatic carbocycles. The number of methoxy groups -OCH3 is 2. The number of halogens is 1. The molecule has 0 radical (unpaired) electrons. The molecular formula is C14H22ClNO2. The molecule has 0 aliphatic carbocycles. The van der Waals surface area contributed by atoms with Crippen LogP contribution in [0, 0.1) is 0 Å². The summed E-state index contributed by atoms with van der Waals surface area (Å²) in [6.07, 6.45) is 0.888. The molecule has 1 N–H and O–H groups in total. The molecule has 0 fully saturated rings. The second-order valence-electron chi connectivity index (χ2n) is 5.06. The highest BCUT2D eigenvalue weighted by atomic mass is 35.5. The maximum atomic E-state index is 6.00. The monoisotopic (exact) mass is 271 g/mol. The number of hydrogen-bond donors (Lipinski definition) is 1. The van der Waals surface area contributed by atoms with Gasteiger partial charge in [0, 0.05) is 18.2 Å². The lowest BCUT2D eigenvalue weighted by Gasteiger charge is -2.28.